The van der Waals surface area contributed by atoms with E-state index in [0.717, 1.165) is 25.7 Å². The molecule has 40 heavy (non-hydrogen) atoms. The summed E-state index contributed by atoms with van der Waals surface area (Å²) in [6, 6.07) is 0. The molecule has 0 aliphatic carbocycles. The van der Waals surface area contributed by atoms with Gasteiger partial charge in [0.2, 0.25) is 11.8 Å². The van der Waals surface area contributed by atoms with Crippen LogP contribution in [0.2, 0.25) is 0 Å². The van der Waals surface area contributed by atoms with Crippen LogP contribution in [0, 0.1) is 11.3 Å². The van der Waals surface area contributed by atoms with E-state index >= 15 is 0 Å². The molecule has 1 aliphatic heterocycles. The highest BCUT2D eigenvalue weighted by molar-refractivity contribution is 5.82. The summed E-state index contributed by atoms with van der Waals surface area (Å²) in [5.74, 6) is -3.07. The summed E-state index contributed by atoms with van der Waals surface area (Å²) in [6.45, 7) is 10.1. The molecule has 0 aromatic heterocycles. The molecule has 0 saturated carbocycles. The molecular weight excluding hydrogens is 508 g/mol. The number of rotatable bonds is 22. The summed E-state index contributed by atoms with van der Waals surface area (Å²) >= 11 is 0. The highest BCUT2D eigenvalue weighted by Crippen LogP contribution is 2.34. The number of nitrogens with one attached hydrogen (secondary N) is 2. The van der Waals surface area contributed by atoms with Gasteiger partial charge in [-0.3, -0.25) is 14.4 Å². The molecule has 1 aliphatic rings. The second-order valence-electron chi connectivity index (χ2n) is 12.4. The van der Waals surface area contributed by atoms with Crippen molar-refractivity contribution in [3.05, 3.63) is 12.2 Å². The van der Waals surface area contributed by atoms with Gasteiger partial charge in [-0.2, -0.15) is 0 Å². The average molecular weight is 567 g/mol. The first-order chi connectivity index (χ1) is 19.0. The Hall–Kier alpha value is -1.93. The van der Waals surface area contributed by atoms with Gasteiger partial charge in [0, 0.05) is 24.9 Å². The Labute approximate surface area is 243 Å². The second-order valence-corrected chi connectivity index (χ2v) is 12.4. The number of amides is 2. The van der Waals surface area contributed by atoms with Crippen LogP contribution < -0.4 is 10.6 Å². The van der Waals surface area contributed by atoms with Gasteiger partial charge in [-0.1, -0.05) is 84.3 Å². The molecule has 8 heteroatoms. The summed E-state index contributed by atoms with van der Waals surface area (Å²) < 4.78 is 11.5. The maximum Gasteiger partial charge on any atom is 0.308 e. The van der Waals surface area contributed by atoms with Crippen LogP contribution in [0.15, 0.2) is 12.2 Å². The zero-order valence-electron chi connectivity index (χ0n) is 26.0. The molecule has 0 aromatic carbocycles. The monoisotopic (exact) mass is 566 g/mol. The Balaban J connectivity index is 2.12. The van der Waals surface area contributed by atoms with Crippen LogP contribution in [0.1, 0.15) is 131 Å². The molecule has 232 valence electrons. The molecule has 0 aromatic rings. The molecule has 1 heterocycles. The van der Waals surface area contributed by atoms with Gasteiger partial charge in [0.05, 0.1) is 12.5 Å². The standard InChI is InChI=1S/C32H58N2O6/c1-6-7-8-9-10-11-12-13-14-15-16-17-18-19-20-21-27(35)33-23-22-26(30(37)38)24-34-29(36)28-31(2,3)25-39-32(4,5)40-28/h13-14,26,28H,6-12,15-25H2,1-5H3,(H,33,35)(H,34,36)(H,37,38). The summed E-state index contributed by atoms with van der Waals surface area (Å²) in [6.07, 6.45) is 20.4. The molecule has 1 fully saturated rings. The third-order valence-corrected chi connectivity index (χ3v) is 7.49. The molecule has 3 N–H and O–H groups in total. The van der Waals surface area contributed by atoms with Crippen LogP contribution in [-0.4, -0.2) is 54.5 Å². The summed E-state index contributed by atoms with van der Waals surface area (Å²) in [4.78, 5) is 36.6. The minimum absolute atomic E-state index is 0.0184. The number of ether oxygens (including phenoxy) is 2. The molecule has 2 unspecified atom stereocenters. The van der Waals surface area contributed by atoms with E-state index in [9.17, 15) is 19.5 Å². The lowest BCUT2D eigenvalue weighted by Crippen LogP contribution is -2.57. The number of aliphatic carboxylic acids is 1. The molecule has 1 saturated heterocycles. The number of carboxylic acids is 1. The van der Waals surface area contributed by atoms with Crippen molar-refractivity contribution in [2.75, 3.05) is 19.7 Å². The first kappa shape index (κ1) is 36.1. The summed E-state index contributed by atoms with van der Waals surface area (Å²) in [5, 5.41) is 15.1. The Kier molecular flexibility index (Phi) is 18.1. The topological polar surface area (TPSA) is 114 Å². The Morgan fingerprint density at radius 2 is 1.45 bits per heavy atom. The normalized spacial score (nSPS) is 18.9. The smallest absolute Gasteiger partial charge is 0.308 e. The fourth-order valence-electron chi connectivity index (χ4n) is 4.78. The third-order valence-electron chi connectivity index (χ3n) is 7.49. The van der Waals surface area contributed by atoms with Crippen LogP contribution in [0.4, 0.5) is 0 Å². The van der Waals surface area contributed by atoms with Gasteiger partial charge < -0.3 is 25.2 Å². The van der Waals surface area contributed by atoms with Crippen LogP contribution in [0.5, 0.6) is 0 Å². The average Bonchev–Trinajstić information content (AvgIpc) is 2.89. The largest absolute Gasteiger partial charge is 0.481 e. The van der Waals surface area contributed by atoms with Gasteiger partial charge in [-0.05, 0) is 52.4 Å². The number of hydrogen-bond acceptors (Lipinski definition) is 5. The summed E-state index contributed by atoms with van der Waals surface area (Å²) in [5.41, 5.74) is -0.531. The first-order valence-electron chi connectivity index (χ1n) is 15.7. The number of unbranched alkanes of at least 4 members (excludes halogenated alkanes) is 11. The molecule has 2 atom stereocenters. The van der Waals surface area contributed by atoms with Crippen molar-refractivity contribution < 1.29 is 29.0 Å². The van der Waals surface area contributed by atoms with Gasteiger partial charge >= 0.3 is 5.97 Å². The number of allylic oxidation sites excluding steroid dienone is 2. The van der Waals surface area contributed by atoms with Crippen LogP contribution in [0.3, 0.4) is 0 Å². The van der Waals surface area contributed by atoms with Gasteiger partial charge in [0.1, 0.15) is 6.10 Å². The molecule has 2 amide bonds. The van der Waals surface area contributed by atoms with E-state index in [1.165, 1.54) is 57.8 Å². The molecule has 0 bridgehead atoms. The molecule has 0 radical (unpaired) electrons. The quantitative estimate of drug-likeness (QED) is 0.101. The van der Waals surface area contributed by atoms with E-state index < -0.39 is 29.2 Å². The van der Waals surface area contributed by atoms with Crippen molar-refractivity contribution in [3.8, 4) is 0 Å². The van der Waals surface area contributed by atoms with Crippen molar-refractivity contribution in [2.24, 2.45) is 11.3 Å². The minimum Gasteiger partial charge on any atom is -0.481 e. The van der Waals surface area contributed by atoms with Gasteiger partial charge in [-0.15, -0.1) is 0 Å². The minimum atomic E-state index is -1.00. The molecule has 0 spiro atoms. The van der Waals surface area contributed by atoms with E-state index in [4.69, 9.17) is 9.47 Å². The molecular formula is C32H58N2O6. The zero-order valence-corrected chi connectivity index (χ0v) is 26.0. The first-order valence-corrected chi connectivity index (χ1v) is 15.7. The predicted octanol–water partition coefficient (Wildman–Crippen LogP) is 6.52. The Morgan fingerprint density at radius 3 is 2.05 bits per heavy atom. The van der Waals surface area contributed by atoms with Gasteiger partial charge in [0.15, 0.2) is 5.79 Å². The van der Waals surface area contributed by atoms with Crippen molar-refractivity contribution >= 4 is 17.8 Å². The van der Waals surface area contributed by atoms with E-state index in [-0.39, 0.29) is 31.3 Å². The lowest BCUT2D eigenvalue weighted by molar-refractivity contribution is -0.304. The maximum atomic E-state index is 12.8. The zero-order chi connectivity index (χ0) is 29.9. The fourth-order valence-corrected chi connectivity index (χ4v) is 4.78. The number of carbonyl (C=O) groups is 3. The molecule has 8 nitrogen and oxygen atoms in total. The Bertz CT molecular complexity index is 765. The van der Waals surface area contributed by atoms with E-state index in [1.807, 2.05) is 13.8 Å². The second kappa shape index (κ2) is 20.0. The number of carboxylic acid groups (broad SMARTS) is 1. The Morgan fingerprint density at radius 1 is 0.875 bits per heavy atom. The van der Waals surface area contributed by atoms with E-state index in [0.29, 0.717) is 13.0 Å². The van der Waals surface area contributed by atoms with Gasteiger partial charge in [-0.25, -0.2) is 0 Å². The highest BCUT2D eigenvalue weighted by atomic mass is 16.7. The third kappa shape index (κ3) is 16.4. The highest BCUT2D eigenvalue weighted by Gasteiger charge is 2.45. The lowest BCUT2D eigenvalue weighted by atomic mass is 9.85. The van der Waals surface area contributed by atoms with Crippen molar-refractivity contribution in [1.82, 2.24) is 10.6 Å². The SMILES string of the molecule is CCCCCCCCC=CCCCCCCCC(=O)NCCC(CNC(=O)C1OC(C)(C)OCC1(C)C)C(=O)O. The van der Waals surface area contributed by atoms with Gasteiger partial charge in [0.25, 0.3) is 0 Å². The molecule has 1 rings (SSSR count). The van der Waals surface area contributed by atoms with Crippen LogP contribution >= 0.6 is 0 Å². The maximum absolute atomic E-state index is 12.8. The lowest BCUT2D eigenvalue weighted by Gasteiger charge is -2.44. The van der Waals surface area contributed by atoms with Crippen molar-refractivity contribution in [1.29, 1.82) is 0 Å². The van der Waals surface area contributed by atoms with Crippen molar-refractivity contribution in [2.45, 2.75) is 143 Å². The predicted molar refractivity (Wildman–Crippen MR) is 160 cm³/mol. The van der Waals surface area contributed by atoms with E-state index in [1.54, 1.807) is 13.8 Å². The van der Waals surface area contributed by atoms with Crippen LogP contribution in [0.25, 0.3) is 0 Å². The summed E-state index contributed by atoms with van der Waals surface area (Å²) in [7, 11) is 0. The number of carbonyl (C=O) groups excluding carboxylic acids is 2. The van der Waals surface area contributed by atoms with Crippen LogP contribution in [-0.2, 0) is 23.9 Å². The number of hydrogen-bond donors (Lipinski definition) is 3. The van der Waals surface area contributed by atoms with E-state index in [2.05, 4.69) is 29.7 Å². The fraction of sp³-hybridized carbons (Fsp3) is 0.844. The van der Waals surface area contributed by atoms with Crippen molar-refractivity contribution in [3.63, 3.8) is 0 Å².